The largest absolute Gasteiger partial charge is 0.478 e. The maximum Gasteiger partial charge on any atom is 0.339 e. The molecule has 0 saturated carbocycles. The highest BCUT2D eigenvalue weighted by Gasteiger charge is 2.12. The normalized spacial score (nSPS) is 10.9. The summed E-state index contributed by atoms with van der Waals surface area (Å²) >= 11 is 0. The Hall–Kier alpha value is -1.29. The Labute approximate surface area is 95.2 Å². The summed E-state index contributed by atoms with van der Waals surface area (Å²) in [6.07, 6.45) is 3.47. The lowest BCUT2D eigenvalue weighted by molar-refractivity contribution is 0.0677. The van der Waals surface area contributed by atoms with E-state index in [4.69, 9.17) is 14.3 Å². The van der Waals surface area contributed by atoms with Crippen molar-refractivity contribution < 1.29 is 19.1 Å². The molecule has 0 aromatic carbocycles. The highest BCUT2D eigenvalue weighted by molar-refractivity contribution is 5.88. The number of rotatable bonds is 7. The molecule has 1 N–H and O–H groups in total. The minimum Gasteiger partial charge on any atom is -0.478 e. The van der Waals surface area contributed by atoms with E-state index in [0.29, 0.717) is 18.3 Å². The second kappa shape index (κ2) is 6.33. The number of hydrogen-bond donors (Lipinski definition) is 1. The van der Waals surface area contributed by atoms with Gasteiger partial charge in [-0.05, 0) is 24.8 Å². The third-order valence-corrected chi connectivity index (χ3v) is 2.28. The van der Waals surface area contributed by atoms with Gasteiger partial charge in [0, 0.05) is 6.61 Å². The SMILES string of the molecule is CC(C)CCCOCc1occc1C(=O)O. The smallest absolute Gasteiger partial charge is 0.339 e. The number of hydrogen-bond acceptors (Lipinski definition) is 3. The summed E-state index contributed by atoms with van der Waals surface area (Å²) in [4.78, 5) is 10.7. The van der Waals surface area contributed by atoms with Crippen molar-refractivity contribution in [2.24, 2.45) is 5.92 Å². The van der Waals surface area contributed by atoms with Crippen LogP contribution in [0, 0.1) is 5.92 Å². The summed E-state index contributed by atoms with van der Waals surface area (Å²) in [7, 11) is 0. The molecular formula is C12H18O4. The van der Waals surface area contributed by atoms with Crippen LogP contribution in [0.15, 0.2) is 16.7 Å². The third kappa shape index (κ3) is 4.06. The fourth-order valence-electron chi connectivity index (χ4n) is 1.40. The molecule has 0 bridgehead atoms. The number of carboxylic acids is 1. The maximum absolute atomic E-state index is 10.7. The van der Waals surface area contributed by atoms with Gasteiger partial charge in [0.15, 0.2) is 0 Å². The Bertz CT molecular complexity index is 328. The van der Waals surface area contributed by atoms with E-state index in [0.717, 1.165) is 12.8 Å². The van der Waals surface area contributed by atoms with E-state index >= 15 is 0 Å². The van der Waals surface area contributed by atoms with E-state index in [9.17, 15) is 4.79 Å². The van der Waals surface area contributed by atoms with Crippen LogP contribution in [0.1, 0.15) is 42.8 Å². The van der Waals surface area contributed by atoms with Crippen LogP contribution >= 0.6 is 0 Å². The van der Waals surface area contributed by atoms with Gasteiger partial charge in [-0.15, -0.1) is 0 Å². The number of ether oxygens (including phenoxy) is 1. The van der Waals surface area contributed by atoms with Crippen LogP contribution in [-0.2, 0) is 11.3 Å². The molecule has 0 aliphatic carbocycles. The zero-order valence-electron chi connectivity index (χ0n) is 9.73. The Morgan fingerprint density at radius 2 is 2.31 bits per heavy atom. The minimum atomic E-state index is -0.977. The van der Waals surface area contributed by atoms with Crippen LogP contribution in [0.2, 0.25) is 0 Å². The minimum absolute atomic E-state index is 0.184. The average molecular weight is 226 g/mol. The predicted octanol–water partition coefficient (Wildman–Crippen LogP) is 2.93. The Morgan fingerprint density at radius 3 is 2.94 bits per heavy atom. The van der Waals surface area contributed by atoms with Crippen molar-refractivity contribution in [1.82, 2.24) is 0 Å². The highest BCUT2D eigenvalue weighted by Crippen LogP contribution is 2.12. The monoisotopic (exact) mass is 226 g/mol. The molecular weight excluding hydrogens is 208 g/mol. The molecule has 0 amide bonds. The van der Waals surface area contributed by atoms with Crippen molar-refractivity contribution in [3.8, 4) is 0 Å². The molecule has 0 atom stereocenters. The molecule has 0 fully saturated rings. The fourth-order valence-corrected chi connectivity index (χ4v) is 1.40. The number of carboxylic acid groups (broad SMARTS) is 1. The van der Waals surface area contributed by atoms with Gasteiger partial charge < -0.3 is 14.3 Å². The molecule has 1 aromatic heterocycles. The van der Waals surface area contributed by atoms with Crippen molar-refractivity contribution in [3.63, 3.8) is 0 Å². The Morgan fingerprint density at radius 1 is 1.56 bits per heavy atom. The summed E-state index contributed by atoms with van der Waals surface area (Å²) in [6.45, 7) is 5.19. The molecule has 4 nitrogen and oxygen atoms in total. The Balaban J connectivity index is 2.27. The van der Waals surface area contributed by atoms with Crippen LogP contribution in [0.4, 0.5) is 0 Å². The van der Waals surface area contributed by atoms with E-state index in [2.05, 4.69) is 13.8 Å². The molecule has 0 spiro atoms. The van der Waals surface area contributed by atoms with Gasteiger partial charge in [-0.2, -0.15) is 0 Å². The molecule has 1 aromatic rings. The van der Waals surface area contributed by atoms with Gasteiger partial charge in [0.25, 0.3) is 0 Å². The molecule has 1 rings (SSSR count). The van der Waals surface area contributed by atoms with Crippen LogP contribution in [-0.4, -0.2) is 17.7 Å². The predicted molar refractivity (Wildman–Crippen MR) is 59.4 cm³/mol. The van der Waals surface area contributed by atoms with Crippen LogP contribution < -0.4 is 0 Å². The number of carbonyl (C=O) groups is 1. The van der Waals surface area contributed by atoms with Crippen molar-refractivity contribution in [3.05, 3.63) is 23.7 Å². The van der Waals surface area contributed by atoms with E-state index in [1.54, 1.807) is 0 Å². The lowest BCUT2D eigenvalue weighted by Gasteiger charge is -2.05. The second-order valence-corrected chi connectivity index (χ2v) is 4.15. The van der Waals surface area contributed by atoms with Crippen molar-refractivity contribution in [2.45, 2.75) is 33.3 Å². The van der Waals surface area contributed by atoms with Gasteiger partial charge in [0.05, 0.1) is 6.26 Å². The average Bonchev–Trinajstić information content (AvgIpc) is 2.65. The fraction of sp³-hybridized carbons (Fsp3) is 0.583. The summed E-state index contributed by atoms with van der Waals surface area (Å²) in [5.41, 5.74) is 0.184. The lowest BCUT2D eigenvalue weighted by atomic mass is 10.1. The Kier molecular flexibility index (Phi) is 5.05. The zero-order chi connectivity index (χ0) is 12.0. The zero-order valence-corrected chi connectivity index (χ0v) is 9.73. The van der Waals surface area contributed by atoms with Crippen LogP contribution in [0.5, 0.6) is 0 Å². The topological polar surface area (TPSA) is 59.7 Å². The van der Waals surface area contributed by atoms with Gasteiger partial charge in [-0.3, -0.25) is 0 Å². The molecule has 0 aliphatic rings. The highest BCUT2D eigenvalue weighted by atomic mass is 16.5. The van der Waals surface area contributed by atoms with Gasteiger partial charge in [-0.1, -0.05) is 13.8 Å². The first-order valence-corrected chi connectivity index (χ1v) is 5.48. The summed E-state index contributed by atoms with van der Waals surface area (Å²) < 4.78 is 10.4. The van der Waals surface area contributed by atoms with Crippen molar-refractivity contribution in [2.75, 3.05) is 6.61 Å². The van der Waals surface area contributed by atoms with E-state index in [-0.39, 0.29) is 12.2 Å². The molecule has 0 radical (unpaired) electrons. The van der Waals surface area contributed by atoms with E-state index in [1.807, 2.05) is 0 Å². The van der Waals surface area contributed by atoms with Gasteiger partial charge in [0.1, 0.15) is 17.9 Å². The maximum atomic E-state index is 10.7. The van der Waals surface area contributed by atoms with Gasteiger partial charge >= 0.3 is 5.97 Å². The summed E-state index contributed by atoms with van der Waals surface area (Å²) in [5.74, 6) is 0.0772. The van der Waals surface area contributed by atoms with Gasteiger partial charge in [0.2, 0.25) is 0 Å². The molecule has 4 heteroatoms. The van der Waals surface area contributed by atoms with Crippen LogP contribution in [0.25, 0.3) is 0 Å². The van der Waals surface area contributed by atoms with E-state index < -0.39 is 5.97 Å². The molecule has 16 heavy (non-hydrogen) atoms. The summed E-state index contributed by atoms with van der Waals surface area (Å²) in [6, 6.07) is 1.44. The first-order valence-electron chi connectivity index (χ1n) is 5.48. The molecule has 0 saturated heterocycles. The van der Waals surface area contributed by atoms with Gasteiger partial charge in [-0.25, -0.2) is 4.79 Å². The number of aromatic carboxylic acids is 1. The molecule has 90 valence electrons. The molecule has 0 unspecified atom stereocenters. The lowest BCUT2D eigenvalue weighted by Crippen LogP contribution is -2.02. The summed E-state index contributed by atoms with van der Waals surface area (Å²) in [5, 5.41) is 8.81. The quantitative estimate of drug-likeness (QED) is 0.726. The van der Waals surface area contributed by atoms with E-state index in [1.165, 1.54) is 12.3 Å². The number of furan rings is 1. The standard InChI is InChI=1S/C12H18O4/c1-9(2)4-3-6-15-8-11-10(12(13)14)5-7-16-11/h5,7,9H,3-4,6,8H2,1-2H3,(H,13,14). The third-order valence-electron chi connectivity index (χ3n) is 2.28. The molecule has 1 heterocycles. The molecule has 0 aliphatic heterocycles. The first-order chi connectivity index (χ1) is 7.61. The van der Waals surface area contributed by atoms with Crippen molar-refractivity contribution >= 4 is 5.97 Å². The first kappa shape index (κ1) is 12.8. The van der Waals surface area contributed by atoms with Crippen LogP contribution in [0.3, 0.4) is 0 Å². The second-order valence-electron chi connectivity index (χ2n) is 4.15. The van der Waals surface area contributed by atoms with Crippen molar-refractivity contribution in [1.29, 1.82) is 0 Å².